The number of anilines is 1. The molecule has 1 aromatic heterocycles. The fourth-order valence-corrected chi connectivity index (χ4v) is 3.33. The zero-order valence-electron chi connectivity index (χ0n) is 15.5. The molecule has 8 heteroatoms. The predicted molar refractivity (Wildman–Crippen MR) is 98.9 cm³/mol. The normalized spacial score (nSPS) is 12.9. The maximum atomic E-state index is 12.8. The second-order valence-electron chi connectivity index (χ2n) is 7.04. The van der Waals surface area contributed by atoms with E-state index >= 15 is 0 Å². The number of carbonyl (C=O) groups is 1. The van der Waals surface area contributed by atoms with Gasteiger partial charge in [0.1, 0.15) is 5.75 Å². The summed E-state index contributed by atoms with van der Waals surface area (Å²) in [5.74, 6) is 0.791. The number of tetrazole rings is 1. The van der Waals surface area contributed by atoms with E-state index in [1.165, 1.54) is 11.8 Å². The summed E-state index contributed by atoms with van der Waals surface area (Å²) in [6, 6.07) is 7.26. The first-order valence-electron chi connectivity index (χ1n) is 8.13. The highest BCUT2D eigenvalue weighted by molar-refractivity contribution is 8.00. The number of ether oxygens (including phenoxy) is 1. The van der Waals surface area contributed by atoms with Crippen molar-refractivity contribution < 1.29 is 9.53 Å². The molecule has 1 amide bonds. The predicted octanol–water partition coefficient (Wildman–Crippen LogP) is 3.19. The molecule has 0 saturated carbocycles. The maximum absolute atomic E-state index is 12.8. The van der Waals surface area contributed by atoms with Crippen LogP contribution in [0.25, 0.3) is 0 Å². The third kappa shape index (κ3) is 4.94. The van der Waals surface area contributed by atoms with Gasteiger partial charge in [0.25, 0.3) is 0 Å². The minimum Gasteiger partial charge on any atom is -0.497 e. The van der Waals surface area contributed by atoms with Gasteiger partial charge in [-0.1, -0.05) is 25.6 Å². The minimum atomic E-state index is -0.311. The molecule has 25 heavy (non-hydrogen) atoms. The average molecular weight is 363 g/mol. The molecule has 0 aliphatic carbocycles. The van der Waals surface area contributed by atoms with Gasteiger partial charge in [0, 0.05) is 5.69 Å². The van der Waals surface area contributed by atoms with Gasteiger partial charge < -0.3 is 10.1 Å². The van der Waals surface area contributed by atoms with Crippen LogP contribution in [0.5, 0.6) is 5.75 Å². The van der Waals surface area contributed by atoms with Crippen LogP contribution in [0, 0.1) is 5.92 Å². The molecule has 7 nitrogen and oxygen atoms in total. The van der Waals surface area contributed by atoms with Crippen LogP contribution in [-0.4, -0.2) is 38.5 Å². The summed E-state index contributed by atoms with van der Waals surface area (Å²) < 4.78 is 6.88. The van der Waals surface area contributed by atoms with Crippen LogP contribution in [0.4, 0.5) is 5.69 Å². The van der Waals surface area contributed by atoms with Crippen LogP contribution in [-0.2, 0) is 10.3 Å². The molecule has 1 unspecified atom stereocenters. The van der Waals surface area contributed by atoms with Gasteiger partial charge in [-0.15, -0.1) is 5.10 Å². The van der Waals surface area contributed by atoms with Crippen LogP contribution >= 0.6 is 11.8 Å². The van der Waals surface area contributed by atoms with Gasteiger partial charge in [-0.3, -0.25) is 4.79 Å². The van der Waals surface area contributed by atoms with Crippen LogP contribution in [0.15, 0.2) is 29.4 Å². The Balaban J connectivity index is 2.14. The molecular weight excluding hydrogens is 338 g/mol. The van der Waals surface area contributed by atoms with Crippen molar-refractivity contribution in [1.29, 1.82) is 0 Å². The number of aromatic nitrogens is 4. The molecule has 0 radical (unpaired) electrons. The van der Waals surface area contributed by atoms with Gasteiger partial charge in [-0.2, -0.15) is 0 Å². The van der Waals surface area contributed by atoms with E-state index in [-0.39, 0.29) is 22.6 Å². The van der Waals surface area contributed by atoms with E-state index in [2.05, 4.69) is 20.8 Å². The van der Waals surface area contributed by atoms with Crippen LogP contribution < -0.4 is 10.1 Å². The van der Waals surface area contributed by atoms with Gasteiger partial charge in [-0.05, 0) is 61.4 Å². The second kappa shape index (κ2) is 7.86. The van der Waals surface area contributed by atoms with E-state index in [4.69, 9.17) is 4.74 Å². The van der Waals surface area contributed by atoms with E-state index in [0.717, 1.165) is 11.4 Å². The van der Waals surface area contributed by atoms with Gasteiger partial charge >= 0.3 is 0 Å². The molecule has 0 saturated heterocycles. The first-order chi connectivity index (χ1) is 11.7. The summed E-state index contributed by atoms with van der Waals surface area (Å²) in [4.78, 5) is 12.8. The first kappa shape index (κ1) is 19.2. The SMILES string of the molecule is COc1ccc(NC(=O)C(Sc2nnnn2C(C)(C)C)C(C)C)cc1. The lowest BCUT2D eigenvalue weighted by Crippen LogP contribution is -2.31. The van der Waals surface area contributed by atoms with Crippen molar-refractivity contribution >= 4 is 23.4 Å². The molecule has 1 heterocycles. The Morgan fingerprint density at radius 1 is 1.24 bits per heavy atom. The summed E-state index contributed by atoms with van der Waals surface area (Å²) in [7, 11) is 1.61. The lowest BCUT2D eigenvalue weighted by molar-refractivity contribution is -0.116. The smallest absolute Gasteiger partial charge is 0.238 e. The average Bonchev–Trinajstić information content (AvgIpc) is 3.01. The fraction of sp³-hybridized carbons (Fsp3) is 0.529. The number of amides is 1. The molecule has 2 rings (SSSR count). The second-order valence-corrected chi connectivity index (χ2v) is 8.15. The number of nitrogens with one attached hydrogen (secondary N) is 1. The van der Waals surface area contributed by atoms with Gasteiger partial charge in [0.2, 0.25) is 11.1 Å². The number of hydrogen-bond acceptors (Lipinski definition) is 6. The zero-order chi connectivity index (χ0) is 18.6. The van der Waals surface area contributed by atoms with E-state index in [9.17, 15) is 4.79 Å². The monoisotopic (exact) mass is 363 g/mol. The first-order valence-corrected chi connectivity index (χ1v) is 9.00. The molecular formula is C17H25N5O2S. The lowest BCUT2D eigenvalue weighted by atomic mass is 10.1. The van der Waals surface area contributed by atoms with Crippen molar-refractivity contribution in [2.45, 2.75) is 50.6 Å². The molecule has 0 aliphatic rings. The molecule has 0 bridgehead atoms. The third-order valence-corrected chi connectivity index (χ3v) is 5.01. The largest absolute Gasteiger partial charge is 0.497 e. The summed E-state index contributed by atoms with van der Waals surface area (Å²) in [5, 5.41) is 15.2. The number of hydrogen-bond donors (Lipinski definition) is 1. The Labute approximate surface area is 152 Å². The quantitative estimate of drug-likeness (QED) is 0.794. The minimum absolute atomic E-state index is 0.0753. The number of thioether (sulfide) groups is 1. The molecule has 1 N–H and O–H groups in total. The highest BCUT2D eigenvalue weighted by Gasteiger charge is 2.28. The number of carbonyl (C=O) groups excluding carboxylic acids is 1. The van der Waals surface area contributed by atoms with Crippen molar-refractivity contribution in [1.82, 2.24) is 20.2 Å². The summed E-state index contributed by atoms with van der Waals surface area (Å²) in [5.41, 5.74) is 0.479. The Kier molecular flexibility index (Phi) is 6.05. The van der Waals surface area contributed by atoms with Gasteiger partial charge in [-0.25, -0.2) is 4.68 Å². The van der Waals surface area contributed by atoms with Crippen molar-refractivity contribution in [3.63, 3.8) is 0 Å². The standard InChI is InChI=1S/C17H25N5O2S/c1-11(2)14(25-16-19-20-21-22(16)17(3,4)5)15(23)18-12-7-9-13(24-6)10-8-12/h7-11,14H,1-6H3,(H,18,23). The molecule has 136 valence electrons. The molecule has 2 aromatic rings. The van der Waals surface area contributed by atoms with Crippen LogP contribution in [0.2, 0.25) is 0 Å². The van der Waals surface area contributed by atoms with Gasteiger partial charge in [0.15, 0.2) is 0 Å². The molecule has 0 aliphatic heterocycles. The zero-order valence-corrected chi connectivity index (χ0v) is 16.3. The molecule has 1 atom stereocenters. The third-order valence-electron chi connectivity index (χ3n) is 3.53. The molecule has 0 fully saturated rings. The number of nitrogens with zero attached hydrogens (tertiary/aromatic N) is 4. The van der Waals surface area contributed by atoms with Crippen LogP contribution in [0.1, 0.15) is 34.6 Å². The Bertz CT molecular complexity index is 707. The van der Waals surface area contributed by atoms with E-state index in [1.54, 1.807) is 11.8 Å². The fourth-order valence-electron chi connectivity index (χ4n) is 2.17. The van der Waals surface area contributed by atoms with Crippen LogP contribution in [0.3, 0.4) is 0 Å². The van der Waals surface area contributed by atoms with E-state index in [0.29, 0.717) is 5.16 Å². The Hall–Kier alpha value is -2.09. The van der Waals surface area contributed by atoms with Crippen molar-refractivity contribution in [2.75, 3.05) is 12.4 Å². The van der Waals surface area contributed by atoms with Crippen molar-refractivity contribution in [3.8, 4) is 5.75 Å². The number of benzene rings is 1. The van der Waals surface area contributed by atoms with E-state index < -0.39 is 0 Å². The van der Waals surface area contributed by atoms with E-state index in [1.807, 2.05) is 58.9 Å². The highest BCUT2D eigenvalue weighted by Crippen LogP contribution is 2.30. The summed E-state index contributed by atoms with van der Waals surface area (Å²) in [6.45, 7) is 10.1. The molecule has 0 spiro atoms. The van der Waals surface area contributed by atoms with Crippen molar-refractivity contribution in [2.24, 2.45) is 5.92 Å². The summed E-state index contributed by atoms with van der Waals surface area (Å²) in [6.07, 6.45) is 0. The Morgan fingerprint density at radius 3 is 2.40 bits per heavy atom. The van der Waals surface area contributed by atoms with Crippen molar-refractivity contribution in [3.05, 3.63) is 24.3 Å². The maximum Gasteiger partial charge on any atom is 0.238 e. The topological polar surface area (TPSA) is 81.9 Å². The Morgan fingerprint density at radius 2 is 1.88 bits per heavy atom. The summed E-state index contributed by atoms with van der Waals surface area (Å²) >= 11 is 1.38. The van der Waals surface area contributed by atoms with Gasteiger partial charge in [0.05, 0.1) is 17.9 Å². The number of rotatable bonds is 6. The number of methoxy groups -OCH3 is 1. The molecule has 1 aromatic carbocycles. The highest BCUT2D eigenvalue weighted by atomic mass is 32.2. The lowest BCUT2D eigenvalue weighted by Gasteiger charge is -2.23.